The van der Waals surface area contributed by atoms with Crippen molar-refractivity contribution in [2.75, 3.05) is 5.32 Å². The van der Waals surface area contributed by atoms with Crippen LogP contribution in [0.15, 0.2) is 24.3 Å². The minimum Gasteiger partial charge on any atom is -0.481 e. The summed E-state index contributed by atoms with van der Waals surface area (Å²) in [6.45, 7) is 0. The first-order chi connectivity index (χ1) is 8.00. The highest BCUT2D eigenvalue weighted by Gasteiger charge is 2.12. The summed E-state index contributed by atoms with van der Waals surface area (Å²) in [5.74, 6) is -2.76. The van der Waals surface area contributed by atoms with E-state index >= 15 is 0 Å². The van der Waals surface area contributed by atoms with Crippen LogP contribution in [0.4, 0.5) is 5.69 Å². The average Bonchev–Trinajstić information content (AvgIpc) is 2.27. The third-order valence-electron chi connectivity index (χ3n) is 2.00. The van der Waals surface area contributed by atoms with Crippen molar-refractivity contribution >= 4 is 23.5 Å². The molecule has 0 saturated carbocycles. The molecule has 1 amide bonds. The van der Waals surface area contributed by atoms with Gasteiger partial charge in [-0.2, -0.15) is 0 Å². The summed E-state index contributed by atoms with van der Waals surface area (Å²) in [6, 6.07) is 5.92. The molecule has 0 radical (unpaired) electrons. The maximum atomic E-state index is 11.3. The summed E-state index contributed by atoms with van der Waals surface area (Å²) in [6.07, 6.45) is -0.482. The van der Waals surface area contributed by atoms with E-state index in [2.05, 4.69) is 5.32 Å². The molecule has 6 heteroatoms. The number of hydrogen-bond acceptors (Lipinski definition) is 3. The van der Waals surface area contributed by atoms with Crippen molar-refractivity contribution in [1.82, 2.24) is 0 Å². The number of carboxylic acid groups (broad SMARTS) is 2. The highest BCUT2D eigenvalue weighted by atomic mass is 16.4. The molecule has 0 bridgehead atoms. The van der Waals surface area contributed by atoms with E-state index in [-0.39, 0.29) is 24.1 Å². The molecule has 0 unspecified atom stereocenters. The highest BCUT2D eigenvalue weighted by molar-refractivity contribution is 6.00. The molecule has 0 aliphatic rings. The number of carbonyl (C=O) groups excluding carboxylic acids is 1. The Balaban J connectivity index is 2.71. The minimum absolute atomic E-state index is 0.0313. The number of carboxylic acids is 2. The van der Waals surface area contributed by atoms with Crippen LogP contribution in [0.1, 0.15) is 23.2 Å². The lowest BCUT2D eigenvalue weighted by atomic mass is 10.1. The number of anilines is 1. The second kappa shape index (κ2) is 5.64. The molecule has 0 heterocycles. The van der Waals surface area contributed by atoms with E-state index < -0.39 is 17.8 Å². The van der Waals surface area contributed by atoms with Crippen LogP contribution >= 0.6 is 0 Å². The van der Waals surface area contributed by atoms with E-state index in [0.29, 0.717) is 0 Å². The Morgan fingerprint density at radius 1 is 1.06 bits per heavy atom. The molecule has 90 valence electrons. The van der Waals surface area contributed by atoms with Crippen LogP contribution in [0, 0.1) is 0 Å². The van der Waals surface area contributed by atoms with Gasteiger partial charge < -0.3 is 15.5 Å². The molecule has 0 aliphatic heterocycles. The van der Waals surface area contributed by atoms with Crippen molar-refractivity contribution in [3.05, 3.63) is 29.8 Å². The third-order valence-corrected chi connectivity index (χ3v) is 2.00. The van der Waals surface area contributed by atoms with Crippen LogP contribution < -0.4 is 5.32 Å². The fourth-order valence-corrected chi connectivity index (χ4v) is 1.21. The molecule has 17 heavy (non-hydrogen) atoms. The van der Waals surface area contributed by atoms with Gasteiger partial charge in [-0.1, -0.05) is 12.1 Å². The summed E-state index contributed by atoms with van der Waals surface area (Å²) in [5, 5.41) is 19.6. The zero-order valence-electron chi connectivity index (χ0n) is 8.84. The molecule has 0 saturated heterocycles. The number of carbonyl (C=O) groups is 3. The van der Waals surface area contributed by atoms with Crippen molar-refractivity contribution < 1.29 is 24.6 Å². The van der Waals surface area contributed by atoms with Gasteiger partial charge in [0.05, 0.1) is 17.7 Å². The van der Waals surface area contributed by atoms with Crippen LogP contribution in [0.2, 0.25) is 0 Å². The summed E-state index contributed by atoms with van der Waals surface area (Å²) in [4.78, 5) is 32.4. The van der Waals surface area contributed by atoms with E-state index in [1.165, 1.54) is 18.2 Å². The zero-order chi connectivity index (χ0) is 12.8. The molecular weight excluding hydrogens is 226 g/mol. The van der Waals surface area contributed by atoms with Crippen LogP contribution in [0.5, 0.6) is 0 Å². The summed E-state index contributed by atoms with van der Waals surface area (Å²) >= 11 is 0. The van der Waals surface area contributed by atoms with Gasteiger partial charge in [0.1, 0.15) is 0 Å². The van der Waals surface area contributed by atoms with Gasteiger partial charge in [0, 0.05) is 6.42 Å². The zero-order valence-corrected chi connectivity index (χ0v) is 8.84. The number of rotatable bonds is 5. The molecule has 1 aromatic carbocycles. The van der Waals surface area contributed by atoms with Crippen molar-refractivity contribution in [1.29, 1.82) is 0 Å². The molecule has 0 aliphatic carbocycles. The Hall–Kier alpha value is -2.37. The Labute approximate surface area is 96.9 Å². The molecule has 1 rings (SSSR count). The number of hydrogen-bond donors (Lipinski definition) is 3. The monoisotopic (exact) mass is 237 g/mol. The second-order valence-corrected chi connectivity index (χ2v) is 3.29. The normalized spacial score (nSPS) is 9.65. The number of aromatic carboxylic acids is 1. The third kappa shape index (κ3) is 3.94. The second-order valence-electron chi connectivity index (χ2n) is 3.29. The minimum atomic E-state index is -1.15. The van der Waals surface area contributed by atoms with Gasteiger partial charge in [0.15, 0.2) is 0 Å². The Kier molecular flexibility index (Phi) is 4.21. The van der Waals surface area contributed by atoms with Gasteiger partial charge >= 0.3 is 11.9 Å². The lowest BCUT2D eigenvalue weighted by Crippen LogP contribution is -2.15. The van der Waals surface area contributed by atoms with Gasteiger partial charge in [-0.25, -0.2) is 4.79 Å². The Bertz CT molecular complexity index is 455. The molecule has 6 nitrogen and oxygen atoms in total. The van der Waals surface area contributed by atoms with Gasteiger partial charge in [-0.05, 0) is 12.1 Å². The SMILES string of the molecule is O=C(O)CCC(=O)Nc1ccccc1C(=O)O. The van der Waals surface area contributed by atoms with Crippen LogP contribution in [-0.4, -0.2) is 28.1 Å². The van der Waals surface area contributed by atoms with E-state index in [1.807, 2.05) is 0 Å². The largest absolute Gasteiger partial charge is 0.481 e. The van der Waals surface area contributed by atoms with Gasteiger partial charge in [-0.15, -0.1) is 0 Å². The number of amides is 1. The molecule has 0 fully saturated rings. The van der Waals surface area contributed by atoms with Crippen molar-refractivity contribution in [3.8, 4) is 0 Å². The number of benzene rings is 1. The van der Waals surface area contributed by atoms with Crippen molar-refractivity contribution in [3.63, 3.8) is 0 Å². The fourth-order valence-electron chi connectivity index (χ4n) is 1.21. The predicted octanol–water partition coefficient (Wildman–Crippen LogP) is 1.19. The molecule has 0 aromatic heterocycles. The van der Waals surface area contributed by atoms with E-state index in [4.69, 9.17) is 10.2 Å². The molecule has 1 aromatic rings. The van der Waals surface area contributed by atoms with Gasteiger partial charge in [0.25, 0.3) is 0 Å². The van der Waals surface area contributed by atoms with Crippen molar-refractivity contribution in [2.24, 2.45) is 0 Å². The predicted molar refractivity (Wildman–Crippen MR) is 58.9 cm³/mol. The molecule has 0 atom stereocenters. The van der Waals surface area contributed by atoms with Crippen LogP contribution in [-0.2, 0) is 9.59 Å². The van der Waals surface area contributed by atoms with Crippen LogP contribution in [0.3, 0.4) is 0 Å². The highest BCUT2D eigenvalue weighted by Crippen LogP contribution is 2.15. The lowest BCUT2D eigenvalue weighted by molar-refractivity contribution is -0.138. The molecule has 0 spiro atoms. The summed E-state index contributed by atoms with van der Waals surface area (Å²) in [7, 11) is 0. The number of nitrogens with one attached hydrogen (secondary N) is 1. The fraction of sp³-hybridized carbons (Fsp3) is 0.182. The Morgan fingerprint density at radius 2 is 1.71 bits per heavy atom. The Morgan fingerprint density at radius 3 is 2.29 bits per heavy atom. The summed E-state index contributed by atoms with van der Waals surface area (Å²) < 4.78 is 0. The lowest BCUT2D eigenvalue weighted by Gasteiger charge is -2.07. The average molecular weight is 237 g/mol. The first-order valence-corrected chi connectivity index (χ1v) is 4.84. The quantitative estimate of drug-likeness (QED) is 0.713. The topological polar surface area (TPSA) is 104 Å². The maximum absolute atomic E-state index is 11.3. The van der Waals surface area contributed by atoms with Gasteiger partial charge in [0.2, 0.25) is 5.91 Å². The molecule has 3 N–H and O–H groups in total. The standard InChI is InChI=1S/C11H11NO5/c13-9(5-6-10(14)15)12-8-4-2-1-3-7(8)11(16)17/h1-4H,5-6H2,(H,12,13)(H,14,15)(H,16,17). The first kappa shape index (κ1) is 12.7. The first-order valence-electron chi connectivity index (χ1n) is 4.84. The maximum Gasteiger partial charge on any atom is 0.337 e. The summed E-state index contributed by atoms with van der Waals surface area (Å²) in [5.41, 5.74) is 0.131. The van der Waals surface area contributed by atoms with Crippen LogP contribution in [0.25, 0.3) is 0 Å². The number of para-hydroxylation sites is 1. The van der Waals surface area contributed by atoms with Gasteiger partial charge in [-0.3, -0.25) is 9.59 Å². The smallest absolute Gasteiger partial charge is 0.337 e. The van der Waals surface area contributed by atoms with E-state index in [0.717, 1.165) is 0 Å². The van der Waals surface area contributed by atoms with Crippen molar-refractivity contribution in [2.45, 2.75) is 12.8 Å². The molecular formula is C11H11NO5. The number of aliphatic carboxylic acids is 1. The van der Waals surface area contributed by atoms with E-state index in [1.54, 1.807) is 6.07 Å². The van der Waals surface area contributed by atoms with E-state index in [9.17, 15) is 14.4 Å².